The summed E-state index contributed by atoms with van der Waals surface area (Å²) in [6.45, 7) is 6.79. The van der Waals surface area contributed by atoms with Crippen LogP contribution >= 0.6 is 46.3 Å². The van der Waals surface area contributed by atoms with Crippen molar-refractivity contribution in [1.82, 2.24) is 14.8 Å². The van der Waals surface area contributed by atoms with Gasteiger partial charge in [0.15, 0.2) is 11.0 Å². The number of fused-ring (bicyclic) bond motifs is 1. The summed E-state index contributed by atoms with van der Waals surface area (Å²) in [5, 5.41) is 23.3. The summed E-state index contributed by atoms with van der Waals surface area (Å²) in [6, 6.07) is 7.59. The fourth-order valence-corrected chi connectivity index (χ4v) is 6.45. The molecule has 0 bridgehead atoms. The molecular weight excluding hydrogens is 509 g/mol. The highest BCUT2D eigenvalue weighted by Gasteiger charge is 2.32. The number of anilines is 1. The second kappa shape index (κ2) is 9.90. The third kappa shape index (κ3) is 5.13. The average molecular weight is 535 g/mol. The molecule has 0 saturated heterocycles. The molecule has 2 aromatic heterocycles. The second-order valence-electron chi connectivity index (χ2n) is 9.46. The third-order valence-electron chi connectivity index (χ3n) is 6.20. The Morgan fingerprint density at radius 2 is 2.09 bits per heavy atom. The first-order valence-electron chi connectivity index (χ1n) is 10.9. The van der Waals surface area contributed by atoms with E-state index in [1.807, 2.05) is 17.7 Å². The molecule has 1 aromatic carbocycles. The molecule has 1 amide bonds. The standard InChI is InChI=1S/C24H25Cl2N5OS2/c1-24(2,3)14-6-7-15-16(11-27)22(34-19(15)10-14)28-20(32)12-33-23-30-29-21(31(23)4)13-5-8-17(25)18(26)9-13/h5,8-9,14H,6-7,10,12H2,1-4H3,(H,28,32). The van der Waals surface area contributed by atoms with Crippen molar-refractivity contribution in [3.63, 3.8) is 0 Å². The average Bonchev–Trinajstić information content (AvgIpc) is 3.32. The molecule has 1 aliphatic rings. The quantitative estimate of drug-likeness (QED) is 0.373. The molecule has 178 valence electrons. The second-order valence-corrected chi connectivity index (χ2v) is 12.3. The first kappa shape index (κ1) is 25.1. The minimum atomic E-state index is -0.174. The maximum absolute atomic E-state index is 12.7. The molecule has 1 aliphatic carbocycles. The van der Waals surface area contributed by atoms with Crippen molar-refractivity contribution in [2.75, 3.05) is 11.1 Å². The monoisotopic (exact) mass is 533 g/mol. The Morgan fingerprint density at radius 1 is 1.32 bits per heavy atom. The van der Waals surface area contributed by atoms with Gasteiger partial charge in [0.25, 0.3) is 0 Å². The molecule has 0 saturated carbocycles. The smallest absolute Gasteiger partial charge is 0.235 e. The van der Waals surface area contributed by atoms with E-state index in [0.29, 0.717) is 37.5 Å². The number of hydrogen-bond donors (Lipinski definition) is 1. The number of benzene rings is 1. The topological polar surface area (TPSA) is 83.6 Å². The van der Waals surface area contributed by atoms with Crippen molar-refractivity contribution < 1.29 is 4.79 Å². The summed E-state index contributed by atoms with van der Waals surface area (Å²) >= 11 is 15.0. The van der Waals surface area contributed by atoms with Gasteiger partial charge in [-0.05, 0) is 54.4 Å². The SMILES string of the molecule is Cn1c(SCC(=O)Nc2sc3c(c2C#N)CCC(C(C)(C)C)C3)nnc1-c1ccc(Cl)c(Cl)c1. The Hall–Kier alpha value is -2.05. The van der Waals surface area contributed by atoms with Gasteiger partial charge in [-0.25, -0.2) is 0 Å². The molecule has 4 rings (SSSR count). The van der Waals surface area contributed by atoms with Crippen LogP contribution in [0.1, 0.15) is 43.2 Å². The number of nitrogens with zero attached hydrogens (tertiary/aromatic N) is 4. The van der Waals surface area contributed by atoms with Gasteiger partial charge in [0.2, 0.25) is 5.91 Å². The molecule has 3 aromatic rings. The summed E-state index contributed by atoms with van der Waals surface area (Å²) in [5.41, 5.74) is 2.74. The molecule has 0 aliphatic heterocycles. The van der Waals surface area contributed by atoms with E-state index in [9.17, 15) is 10.1 Å². The van der Waals surface area contributed by atoms with Crippen molar-refractivity contribution in [2.24, 2.45) is 18.4 Å². The third-order valence-corrected chi connectivity index (χ3v) is 9.13. The summed E-state index contributed by atoms with van der Waals surface area (Å²) < 4.78 is 1.81. The van der Waals surface area contributed by atoms with E-state index in [4.69, 9.17) is 23.2 Å². The lowest BCUT2D eigenvalue weighted by Gasteiger charge is -2.33. The van der Waals surface area contributed by atoms with Gasteiger partial charge in [0, 0.05) is 17.5 Å². The summed E-state index contributed by atoms with van der Waals surface area (Å²) in [4.78, 5) is 14.0. The van der Waals surface area contributed by atoms with Crippen LogP contribution in [0.2, 0.25) is 10.0 Å². The van der Waals surface area contributed by atoms with Crippen molar-refractivity contribution in [3.05, 3.63) is 44.2 Å². The summed E-state index contributed by atoms with van der Waals surface area (Å²) in [5.74, 6) is 1.19. The molecule has 34 heavy (non-hydrogen) atoms. The van der Waals surface area contributed by atoms with Gasteiger partial charge >= 0.3 is 0 Å². The molecule has 10 heteroatoms. The van der Waals surface area contributed by atoms with E-state index in [1.165, 1.54) is 16.6 Å². The maximum Gasteiger partial charge on any atom is 0.235 e. The number of hydrogen-bond acceptors (Lipinski definition) is 6. The van der Waals surface area contributed by atoms with E-state index < -0.39 is 0 Å². The molecule has 1 N–H and O–H groups in total. The van der Waals surface area contributed by atoms with Crippen LogP contribution in [0.25, 0.3) is 11.4 Å². The van der Waals surface area contributed by atoms with Gasteiger partial charge in [-0.2, -0.15) is 5.26 Å². The van der Waals surface area contributed by atoms with E-state index in [0.717, 1.165) is 30.4 Å². The number of halogens is 2. The Balaban J connectivity index is 1.44. The van der Waals surface area contributed by atoms with E-state index in [2.05, 4.69) is 42.4 Å². The molecule has 6 nitrogen and oxygen atoms in total. The van der Waals surface area contributed by atoms with Crippen molar-refractivity contribution in [3.8, 4) is 17.5 Å². The molecule has 0 spiro atoms. The summed E-state index contributed by atoms with van der Waals surface area (Å²) in [6.07, 6.45) is 2.91. The van der Waals surface area contributed by atoms with Crippen LogP contribution in [0, 0.1) is 22.7 Å². The fourth-order valence-electron chi connectivity index (χ4n) is 4.15. The number of thioether (sulfide) groups is 1. The van der Waals surface area contributed by atoms with E-state index in [1.54, 1.807) is 23.5 Å². The van der Waals surface area contributed by atoms with Crippen LogP contribution < -0.4 is 5.32 Å². The van der Waals surface area contributed by atoms with Crippen LogP contribution in [-0.2, 0) is 24.7 Å². The first-order chi connectivity index (χ1) is 16.1. The van der Waals surface area contributed by atoms with E-state index in [-0.39, 0.29) is 17.1 Å². The predicted molar refractivity (Wildman–Crippen MR) is 140 cm³/mol. The van der Waals surface area contributed by atoms with Crippen LogP contribution in [0.5, 0.6) is 0 Å². The first-order valence-corrected chi connectivity index (χ1v) is 13.5. The lowest BCUT2D eigenvalue weighted by molar-refractivity contribution is -0.113. The molecular formula is C24H25Cl2N5OS2. The zero-order valence-electron chi connectivity index (χ0n) is 19.4. The van der Waals surface area contributed by atoms with Gasteiger partial charge < -0.3 is 9.88 Å². The highest BCUT2D eigenvalue weighted by molar-refractivity contribution is 7.99. The molecule has 1 atom stereocenters. The molecule has 1 unspecified atom stereocenters. The van der Waals surface area contributed by atoms with Gasteiger partial charge in [-0.15, -0.1) is 21.5 Å². The number of carbonyl (C=O) groups is 1. The minimum absolute atomic E-state index is 0.158. The highest BCUT2D eigenvalue weighted by atomic mass is 35.5. The fraction of sp³-hybridized carbons (Fsp3) is 0.417. The lowest BCUT2D eigenvalue weighted by Crippen LogP contribution is -2.26. The lowest BCUT2D eigenvalue weighted by atomic mass is 9.72. The highest BCUT2D eigenvalue weighted by Crippen LogP contribution is 2.44. The number of rotatable bonds is 5. The van der Waals surface area contributed by atoms with Crippen LogP contribution in [0.4, 0.5) is 5.00 Å². The van der Waals surface area contributed by atoms with Gasteiger partial charge in [0.1, 0.15) is 11.1 Å². The molecule has 2 heterocycles. The normalized spacial score (nSPS) is 15.6. The Bertz CT molecular complexity index is 1290. The number of nitriles is 1. The van der Waals surface area contributed by atoms with E-state index >= 15 is 0 Å². The molecule has 0 fully saturated rings. The number of amides is 1. The Labute approximate surface area is 217 Å². The van der Waals surface area contributed by atoms with Gasteiger partial charge in [-0.1, -0.05) is 55.7 Å². The maximum atomic E-state index is 12.7. The molecule has 0 radical (unpaired) electrons. The minimum Gasteiger partial charge on any atom is -0.316 e. The zero-order chi connectivity index (χ0) is 24.6. The largest absolute Gasteiger partial charge is 0.316 e. The van der Waals surface area contributed by atoms with Crippen LogP contribution in [-0.4, -0.2) is 26.4 Å². The number of carbonyl (C=O) groups excluding carboxylic acids is 1. The van der Waals surface area contributed by atoms with Crippen LogP contribution in [0.15, 0.2) is 23.4 Å². The predicted octanol–water partition coefficient (Wildman–Crippen LogP) is 6.60. The number of thiophene rings is 1. The van der Waals surface area contributed by atoms with Crippen molar-refractivity contribution >= 4 is 57.2 Å². The summed E-state index contributed by atoms with van der Waals surface area (Å²) in [7, 11) is 1.84. The number of aromatic nitrogens is 3. The van der Waals surface area contributed by atoms with Crippen molar-refractivity contribution in [2.45, 2.75) is 45.2 Å². The van der Waals surface area contributed by atoms with Crippen molar-refractivity contribution in [1.29, 1.82) is 5.26 Å². The zero-order valence-corrected chi connectivity index (χ0v) is 22.6. The van der Waals surface area contributed by atoms with Crippen LogP contribution in [0.3, 0.4) is 0 Å². The Kier molecular flexibility index (Phi) is 7.30. The van der Waals surface area contributed by atoms with Gasteiger partial charge in [-0.3, -0.25) is 4.79 Å². The Morgan fingerprint density at radius 3 is 2.76 bits per heavy atom. The van der Waals surface area contributed by atoms with Gasteiger partial charge in [0.05, 0.1) is 21.4 Å². The number of nitrogens with one attached hydrogen (secondary N) is 1.